The quantitative estimate of drug-likeness (QED) is 0.0393. The van der Waals surface area contributed by atoms with Crippen molar-refractivity contribution in [1.29, 1.82) is 0 Å². The Labute approximate surface area is 908 Å². The van der Waals surface area contributed by atoms with E-state index in [1.165, 1.54) is 150 Å². The maximum absolute atomic E-state index is 10.9. The summed E-state index contributed by atoms with van der Waals surface area (Å²) in [6.07, 6.45) is 22.9. The van der Waals surface area contributed by atoms with Crippen LogP contribution in [0.5, 0.6) is 0 Å². The molecule has 128 heavy (non-hydrogen) atoms. The zero-order valence-electron chi connectivity index (χ0n) is 65.2. The number of carboxylic acid groups (broad SMARTS) is 7. The number of fused-ring (bicyclic) bond motifs is 7. The third-order valence-electron chi connectivity index (χ3n) is 16.7. The van der Waals surface area contributed by atoms with Crippen LogP contribution in [0.25, 0.3) is 71.9 Å². The van der Waals surface area contributed by atoms with E-state index in [9.17, 15) is 33.6 Å². The number of aliphatic imine (C=N–C) groups is 7. The van der Waals surface area contributed by atoms with Crippen molar-refractivity contribution in [3.05, 3.63) is 164 Å². The van der Waals surface area contributed by atoms with Crippen LogP contribution in [0.4, 0.5) is 0 Å². The number of rotatable bonds is 14. The second-order valence-electron chi connectivity index (χ2n) is 25.3. The Hall–Kier alpha value is -4.77. The van der Waals surface area contributed by atoms with E-state index in [-0.39, 0.29) is 171 Å². The van der Waals surface area contributed by atoms with Gasteiger partial charge in [-0.05, 0) is 16.3 Å². The Morgan fingerprint density at radius 3 is 1.10 bits per heavy atom. The summed E-state index contributed by atoms with van der Waals surface area (Å²) < 4.78 is 11.6. The third kappa shape index (κ3) is 27.1. The molecule has 7 N–H and O–H groups in total. The normalized spacial score (nSPS) is 18.5. The van der Waals surface area contributed by atoms with Crippen molar-refractivity contribution in [2.75, 3.05) is 40.3 Å². The predicted octanol–water partition coefficient (Wildman–Crippen LogP) is 9.38. The van der Waals surface area contributed by atoms with Crippen LogP contribution >= 0.6 is 162 Å². The summed E-state index contributed by atoms with van der Waals surface area (Å²) in [7, 11) is 5.76. The molecule has 21 heterocycles. The van der Waals surface area contributed by atoms with Gasteiger partial charge in [0, 0.05) is 233 Å². The van der Waals surface area contributed by atoms with Gasteiger partial charge in [-0.2, -0.15) is 22.7 Å². The van der Waals surface area contributed by atoms with E-state index in [4.69, 9.17) is 35.7 Å². The first-order valence-corrected chi connectivity index (χ1v) is 47.7. The SMILES string of the molecule is C.C[n+]1[c-]cc2sc(C3=NC(C(=O)O)CS3)nc2c1.C[n+]1[c-]ccc2nc(C3=NC(C(=O)O)CS3)sc21.C[n+]1ccc2nc(C3=NC(C(=O)O)CS3)sc2c1.O=C(O)C1CSC(c2nc3ccncc3s2)=N1.O=C(O)C1CSC(c2nc3cn[c-]cc3s2)=N1.O=C(O)C1CSC(c2nc3nc[c-]cc3s2)=N1.O=C(O)C1CSC(c2nc3nc[c-]cc3s2)=N1.[Y].[Y].[Y].[Y].[Y]. The molecular weight excluding hydrogens is 2300 g/mol. The van der Waals surface area contributed by atoms with Gasteiger partial charge in [-0.15, -0.1) is 135 Å². The average molecular weight is 2360 g/mol. The van der Waals surface area contributed by atoms with Crippen LogP contribution in [0.15, 0.2) is 133 Å². The number of carbonyl (C=O) groups is 7. The van der Waals surface area contributed by atoms with Crippen LogP contribution < -0.4 is 13.7 Å². The summed E-state index contributed by atoms with van der Waals surface area (Å²) in [6, 6.07) is 16.0. The molecule has 0 spiro atoms. The molecule has 7 unspecified atom stereocenters. The Morgan fingerprint density at radius 1 is 0.367 bits per heavy atom. The molecule has 0 fully saturated rings. The number of thiazole rings is 7. The van der Waals surface area contributed by atoms with Crippen LogP contribution in [-0.2, 0) is 218 Å². The van der Waals surface area contributed by atoms with Gasteiger partial charge in [0.25, 0.3) is 0 Å². The molecule has 7 atom stereocenters. The summed E-state index contributed by atoms with van der Waals surface area (Å²) in [5, 5.41) is 72.6. The molecule has 54 heteroatoms. The van der Waals surface area contributed by atoms with Crippen molar-refractivity contribution >= 4 is 311 Å². The Bertz CT molecular complexity index is 6040. The molecule has 7 aliphatic heterocycles. The summed E-state index contributed by atoms with van der Waals surface area (Å²) in [5.74, 6) is -2.79. The minimum Gasteiger partial charge on any atom is -0.480 e. The van der Waals surface area contributed by atoms with Crippen LogP contribution in [0.1, 0.15) is 42.5 Å². The van der Waals surface area contributed by atoms with Gasteiger partial charge in [0.1, 0.15) is 109 Å². The van der Waals surface area contributed by atoms with E-state index in [1.807, 2.05) is 95.9 Å². The van der Waals surface area contributed by atoms with Crippen LogP contribution in [0, 0.1) is 30.7 Å². The first-order chi connectivity index (χ1) is 58.9. The molecule has 0 saturated carbocycles. The molecule has 5 radical (unpaired) electrons. The Morgan fingerprint density at radius 2 is 0.719 bits per heavy atom. The molecule has 14 aromatic rings. The van der Waals surface area contributed by atoms with Crippen LogP contribution in [0.3, 0.4) is 0 Å². The average Bonchev–Trinajstić information content (AvgIpc) is 1.53. The molecule has 0 aromatic carbocycles. The van der Waals surface area contributed by atoms with E-state index in [1.54, 1.807) is 48.4 Å². The number of hydrogen-bond acceptors (Lipinski definition) is 39. The van der Waals surface area contributed by atoms with E-state index in [2.05, 4.69) is 120 Å². The fourth-order valence-corrected chi connectivity index (χ4v) is 25.0. The number of pyridine rings is 7. The van der Waals surface area contributed by atoms with Crippen LogP contribution in [-0.4, -0.2) is 250 Å². The molecule has 0 aliphatic carbocycles. The molecule has 35 nitrogen and oxygen atoms in total. The number of carboxylic acids is 7. The van der Waals surface area contributed by atoms with E-state index < -0.39 is 84.1 Å². The topological polar surface area (TPSA) is 501 Å². The number of aromatic nitrogens is 14. The van der Waals surface area contributed by atoms with Gasteiger partial charge in [-0.3, -0.25) is 69.4 Å². The van der Waals surface area contributed by atoms with Crippen molar-refractivity contribution in [2.24, 2.45) is 56.1 Å². The fraction of sp³-hybridized carbons (Fsp3) is 0.243. The minimum absolute atomic E-state index is 0. The number of hydrogen-bond donors (Lipinski definition) is 7. The standard InChI is InChI=1S/3C11H9N3O2S2.C10H6N3O2S2.C10H7N3O2S2.2C10H6N3O2S2.CH4.5Y/c1-14-3-2-8-6(4-14)12-10(18-8)9-13-7(5-17-9)11(15)16;1-14-3-2-6-8(4-14)18-10(12-6)9-13-7(5-17-9)11(15)16;1-14-4-2-3-6-10(14)18-9(12-6)8-13-7(5-17-8)11(15)16;14-10(15)6-4-16-8(13-6)9-12-5-3-11-2-1-7(5)17-9;14-10(15)6-4-16-8(13-6)9-12-5-1-2-11-3-7(5)17-9;2*14-10(15)5-4-16-8(12-5)9-13-7-6(17-9)2-1-3-11-7;;;;;;/h2,4,7H,5H2,1H3,(H,15,16);2-4,7H,5H2,1H3;2-3,7H,5H2,1H3,(H,15,16);1,3,6H,4H2,(H,14,15);1-3,6H,4H2,(H,14,15);2*2-3,5H,4H2,(H,14,15);1H4;;;;;/q;;;-1;;2*-1;;;;;;/p+1. The van der Waals surface area contributed by atoms with Gasteiger partial charge in [-0.1, -0.05) is 52.4 Å². The largest absolute Gasteiger partial charge is 0.480 e. The molecule has 0 saturated heterocycles. The Balaban J connectivity index is 0.000000167. The molecular formula is C74H57N21O14S14Y5-2. The first-order valence-electron chi connectivity index (χ1n) is 35.1. The van der Waals surface area contributed by atoms with E-state index in [0.717, 1.165) is 116 Å². The predicted molar refractivity (Wildman–Crippen MR) is 486 cm³/mol. The molecule has 0 amide bonds. The second kappa shape index (κ2) is 49.6. The number of aliphatic carboxylic acids is 7. The molecule has 21 rings (SSSR count). The fourth-order valence-electron chi connectivity index (χ4n) is 10.8. The third-order valence-corrected chi connectivity index (χ3v) is 32.2. The molecule has 14 aromatic heterocycles. The number of nitrogens with zero attached hydrogens (tertiary/aromatic N) is 21. The maximum atomic E-state index is 10.9. The van der Waals surface area contributed by atoms with Crippen molar-refractivity contribution < 1.29 is 247 Å². The minimum atomic E-state index is -0.889. The van der Waals surface area contributed by atoms with Gasteiger partial charge in [0.05, 0.1) is 33.2 Å². The van der Waals surface area contributed by atoms with Crippen molar-refractivity contribution in [2.45, 2.75) is 49.7 Å². The monoisotopic (exact) mass is 2360 g/mol. The summed E-state index contributed by atoms with van der Waals surface area (Å²) in [5.41, 5.74) is 5.69. The summed E-state index contributed by atoms with van der Waals surface area (Å²) in [4.78, 5) is 153. The van der Waals surface area contributed by atoms with Crippen molar-refractivity contribution in [1.82, 2.24) is 54.8 Å². The van der Waals surface area contributed by atoms with Gasteiger partial charge in [0.15, 0.2) is 59.5 Å². The van der Waals surface area contributed by atoms with Gasteiger partial charge >= 0.3 is 41.8 Å². The van der Waals surface area contributed by atoms with Gasteiger partial charge < -0.3 is 45.3 Å². The number of aryl methyl sites for hydroxylation is 3. The molecule has 0 bridgehead atoms. The molecule has 643 valence electrons. The van der Waals surface area contributed by atoms with Crippen molar-refractivity contribution in [3.8, 4) is 0 Å². The van der Waals surface area contributed by atoms with E-state index >= 15 is 0 Å². The van der Waals surface area contributed by atoms with Crippen molar-refractivity contribution in [3.63, 3.8) is 0 Å². The maximum Gasteiger partial charge on any atom is 0.329 e. The zero-order chi connectivity index (χ0) is 85.4. The second-order valence-corrected chi connectivity index (χ2v) is 39.5. The van der Waals surface area contributed by atoms with Gasteiger partial charge in [-0.25, -0.2) is 105 Å². The molecule has 7 aliphatic rings. The summed E-state index contributed by atoms with van der Waals surface area (Å²) in [6.45, 7) is 0. The number of thioether (sulfide) groups is 7. The smallest absolute Gasteiger partial charge is 0.329 e. The Kier molecular flexibility index (Phi) is 41.5. The van der Waals surface area contributed by atoms with E-state index in [0.29, 0.717) is 66.7 Å². The van der Waals surface area contributed by atoms with Crippen LogP contribution in [0.2, 0.25) is 0 Å². The summed E-state index contributed by atoms with van der Waals surface area (Å²) >= 11 is 20.6. The first kappa shape index (κ1) is 107. The van der Waals surface area contributed by atoms with Gasteiger partial charge in [0.2, 0.25) is 0 Å². The zero-order valence-corrected chi connectivity index (χ0v) is 90.8.